The van der Waals surface area contributed by atoms with E-state index in [0.717, 1.165) is 29.8 Å². The molecule has 1 aliphatic heterocycles. The second-order valence-corrected chi connectivity index (χ2v) is 4.15. The molecule has 3 heterocycles. The summed E-state index contributed by atoms with van der Waals surface area (Å²) >= 11 is 0. The summed E-state index contributed by atoms with van der Waals surface area (Å²) in [6.07, 6.45) is 1.79. The van der Waals surface area contributed by atoms with Crippen molar-refractivity contribution >= 4 is 17.1 Å². The number of rotatable bonds is 1. The normalized spacial score (nSPS) is 16.6. The number of fused-ring (bicyclic) bond motifs is 1. The summed E-state index contributed by atoms with van der Waals surface area (Å²) < 4.78 is 7.23. The Balaban J connectivity index is 2.14. The van der Waals surface area contributed by atoms with Gasteiger partial charge in [0.25, 0.3) is 0 Å². The van der Waals surface area contributed by atoms with E-state index in [4.69, 9.17) is 10.5 Å². The zero-order chi connectivity index (χ0) is 11.8. The molecule has 0 amide bonds. The van der Waals surface area contributed by atoms with Crippen molar-refractivity contribution in [3.05, 3.63) is 17.8 Å². The van der Waals surface area contributed by atoms with Crippen LogP contribution in [0.3, 0.4) is 0 Å². The molecule has 0 spiro atoms. The first-order valence-electron chi connectivity index (χ1n) is 5.70. The first-order chi connectivity index (χ1) is 8.27. The molecule has 1 aliphatic rings. The fourth-order valence-corrected chi connectivity index (χ4v) is 2.13. The second-order valence-electron chi connectivity index (χ2n) is 4.15. The number of ether oxygens (including phenoxy) is 1. The van der Waals surface area contributed by atoms with Gasteiger partial charge in [0.05, 0.1) is 26.3 Å². The Morgan fingerprint density at radius 2 is 2.12 bits per heavy atom. The number of morpholine rings is 1. The smallest absolute Gasteiger partial charge is 0.222 e. The number of imidazole rings is 1. The van der Waals surface area contributed by atoms with E-state index in [0.29, 0.717) is 19.2 Å². The van der Waals surface area contributed by atoms with Crippen LogP contribution in [-0.4, -0.2) is 40.9 Å². The van der Waals surface area contributed by atoms with Gasteiger partial charge in [-0.15, -0.1) is 0 Å². The molecule has 0 aliphatic carbocycles. The molecular formula is C11H15N5O. The van der Waals surface area contributed by atoms with E-state index < -0.39 is 0 Å². The van der Waals surface area contributed by atoms with Gasteiger partial charge in [-0.1, -0.05) is 0 Å². The van der Waals surface area contributed by atoms with Crippen molar-refractivity contribution in [2.24, 2.45) is 0 Å². The Labute approximate surface area is 99.0 Å². The highest BCUT2D eigenvalue weighted by Gasteiger charge is 2.18. The van der Waals surface area contributed by atoms with Crippen LogP contribution in [-0.2, 0) is 4.74 Å². The van der Waals surface area contributed by atoms with Gasteiger partial charge >= 0.3 is 0 Å². The topological polar surface area (TPSA) is 69.2 Å². The van der Waals surface area contributed by atoms with Crippen molar-refractivity contribution in [3.8, 4) is 0 Å². The Bertz CT molecular complexity index is 544. The van der Waals surface area contributed by atoms with Crippen LogP contribution in [0.4, 0.5) is 5.95 Å². The molecule has 0 unspecified atom stereocenters. The van der Waals surface area contributed by atoms with E-state index in [1.165, 1.54) is 0 Å². The van der Waals surface area contributed by atoms with E-state index in [9.17, 15) is 0 Å². The Morgan fingerprint density at radius 3 is 2.88 bits per heavy atom. The number of hydrogen-bond acceptors (Lipinski definition) is 5. The Morgan fingerprint density at radius 1 is 1.35 bits per heavy atom. The quantitative estimate of drug-likeness (QED) is 0.766. The maximum atomic E-state index is 5.98. The SMILES string of the molecule is Cc1ccnc2c1nc(N)n2N1CCOCC1. The average molecular weight is 233 g/mol. The largest absolute Gasteiger partial charge is 0.378 e. The third-order valence-corrected chi connectivity index (χ3v) is 3.02. The molecule has 17 heavy (non-hydrogen) atoms. The van der Waals surface area contributed by atoms with E-state index in [-0.39, 0.29) is 0 Å². The molecule has 0 radical (unpaired) electrons. The fraction of sp³-hybridized carbons (Fsp3) is 0.455. The molecule has 0 bridgehead atoms. The number of pyridine rings is 1. The summed E-state index contributed by atoms with van der Waals surface area (Å²) in [6, 6.07) is 1.94. The zero-order valence-corrected chi connectivity index (χ0v) is 9.76. The predicted octanol–water partition coefficient (Wildman–Crippen LogP) is 0.290. The standard InChI is InChI=1S/C11H15N5O/c1-8-2-3-13-10-9(8)14-11(12)16(10)15-4-6-17-7-5-15/h2-3H,4-7H2,1H3,(H2,12,14). The summed E-state index contributed by atoms with van der Waals surface area (Å²) in [7, 11) is 0. The minimum absolute atomic E-state index is 0.490. The molecule has 0 aromatic carbocycles. The van der Waals surface area contributed by atoms with Gasteiger partial charge < -0.3 is 15.5 Å². The number of hydrogen-bond donors (Lipinski definition) is 1. The molecule has 0 atom stereocenters. The van der Waals surface area contributed by atoms with Gasteiger partial charge in [0, 0.05) is 6.20 Å². The lowest BCUT2D eigenvalue weighted by Crippen LogP contribution is -2.44. The highest BCUT2D eigenvalue weighted by atomic mass is 16.5. The average Bonchev–Trinajstić information content (AvgIpc) is 2.68. The molecule has 2 aromatic heterocycles. The molecule has 0 saturated carbocycles. The number of nitrogen functional groups attached to an aromatic ring is 1. The van der Waals surface area contributed by atoms with Crippen molar-refractivity contribution in [1.29, 1.82) is 0 Å². The Hall–Kier alpha value is -1.82. The van der Waals surface area contributed by atoms with Crippen LogP contribution in [0.15, 0.2) is 12.3 Å². The zero-order valence-electron chi connectivity index (χ0n) is 9.76. The molecule has 2 aromatic rings. The molecule has 2 N–H and O–H groups in total. The number of nitrogens with two attached hydrogens (primary N) is 1. The minimum Gasteiger partial charge on any atom is -0.378 e. The van der Waals surface area contributed by atoms with Crippen LogP contribution in [0.25, 0.3) is 11.2 Å². The third-order valence-electron chi connectivity index (χ3n) is 3.02. The van der Waals surface area contributed by atoms with Crippen molar-refractivity contribution in [2.75, 3.05) is 37.0 Å². The third kappa shape index (κ3) is 1.61. The van der Waals surface area contributed by atoms with Crippen LogP contribution < -0.4 is 10.7 Å². The Kier molecular flexibility index (Phi) is 2.36. The minimum atomic E-state index is 0.490. The molecular weight excluding hydrogens is 218 g/mol. The van der Waals surface area contributed by atoms with E-state index in [2.05, 4.69) is 15.0 Å². The maximum Gasteiger partial charge on any atom is 0.222 e. The maximum absolute atomic E-state index is 5.98. The monoisotopic (exact) mass is 233 g/mol. The van der Waals surface area contributed by atoms with Gasteiger partial charge in [0.2, 0.25) is 5.95 Å². The first kappa shape index (κ1) is 10.3. The number of aryl methyl sites for hydroxylation is 1. The van der Waals surface area contributed by atoms with E-state index in [1.807, 2.05) is 17.7 Å². The van der Waals surface area contributed by atoms with Crippen LogP contribution in [0.1, 0.15) is 5.56 Å². The van der Waals surface area contributed by atoms with E-state index in [1.54, 1.807) is 6.20 Å². The van der Waals surface area contributed by atoms with Gasteiger partial charge in [0.15, 0.2) is 5.65 Å². The number of aromatic nitrogens is 3. The van der Waals surface area contributed by atoms with Gasteiger partial charge in [0.1, 0.15) is 5.52 Å². The van der Waals surface area contributed by atoms with Gasteiger partial charge in [-0.25, -0.2) is 14.6 Å². The number of nitrogens with zero attached hydrogens (tertiary/aromatic N) is 4. The van der Waals surface area contributed by atoms with Crippen LogP contribution in [0.2, 0.25) is 0 Å². The highest BCUT2D eigenvalue weighted by molar-refractivity contribution is 5.77. The summed E-state index contributed by atoms with van der Waals surface area (Å²) in [5.41, 5.74) is 8.77. The lowest BCUT2D eigenvalue weighted by Gasteiger charge is -2.30. The molecule has 1 fully saturated rings. The highest BCUT2D eigenvalue weighted by Crippen LogP contribution is 2.19. The molecule has 6 heteroatoms. The molecule has 6 nitrogen and oxygen atoms in total. The first-order valence-corrected chi connectivity index (χ1v) is 5.70. The second kappa shape index (κ2) is 3.89. The van der Waals surface area contributed by atoms with Crippen LogP contribution in [0, 0.1) is 6.92 Å². The molecule has 3 rings (SSSR count). The van der Waals surface area contributed by atoms with Crippen LogP contribution >= 0.6 is 0 Å². The summed E-state index contributed by atoms with van der Waals surface area (Å²) in [6.45, 7) is 5.06. The van der Waals surface area contributed by atoms with Crippen molar-refractivity contribution in [1.82, 2.24) is 14.6 Å². The summed E-state index contributed by atoms with van der Waals surface area (Å²) in [4.78, 5) is 8.76. The van der Waals surface area contributed by atoms with Gasteiger partial charge in [-0.2, -0.15) is 0 Å². The van der Waals surface area contributed by atoms with Crippen LogP contribution in [0.5, 0.6) is 0 Å². The van der Waals surface area contributed by atoms with Gasteiger partial charge in [-0.05, 0) is 18.6 Å². The summed E-state index contributed by atoms with van der Waals surface area (Å²) in [5.74, 6) is 0.490. The lowest BCUT2D eigenvalue weighted by molar-refractivity contribution is 0.112. The fourth-order valence-electron chi connectivity index (χ4n) is 2.13. The predicted molar refractivity (Wildman–Crippen MR) is 65.4 cm³/mol. The van der Waals surface area contributed by atoms with E-state index >= 15 is 0 Å². The molecule has 90 valence electrons. The van der Waals surface area contributed by atoms with Crippen molar-refractivity contribution in [2.45, 2.75) is 6.92 Å². The van der Waals surface area contributed by atoms with Crippen molar-refractivity contribution in [3.63, 3.8) is 0 Å². The van der Waals surface area contributed by atoms with Gasteiger partial charge in [-0.3, -0.25) is 0 Å². The van der Waals surface area contributed by atoms with Crippen molar-refractivity contribution < 1.29 is 4.74 Å². The lowest BCUT2D eigenvalue weighted by atomic mass is 10.3. The molecule has 1 saturated heterocycles. The summed E-state index contributed by atoms with van der Waals surface area (Å²) in [5, 5.41) is 2.13. The number of anilines is 1.